The summed E-state index contributed by atoms with van der Waals surface area (Å²) in [6.07, 6.45) is 5.81. The van der Waals surface area contributed by atoms with Gasteiger partial charge in [-0.2, -0.15) is 14.9 Å². The Morgan fingerprint density at radius 1 is 1.32 bits per heavy atom. The minimum Gasteiger partial charge on any atom is -0.265 e. The largest absolute Gasteiger partial charge is 0.265 e. The molecule has 3 aromatic heterocycles. The Bertz CT molecular complexity index is 792. The number of imidazole rings is 1. The zero-order valence-electron chi connectivity index (χ0n) is 9.95. The molecule has 0 spiro atoms. The second kappa shape index (κ2) is 3.87. The molecule has 0 amide bonds. The highest BCUT2D eigenvalue weighted by molar-refractivity contribution is 7.16. The van der Waals surface area contributed by atoms with Crippen molar-refractivity contribution in [2.24, 2.45) is 0 Å². The van der Waals surface area contributed by atoms with E-state index >= 15 is 0 Å². The highest BCUT2D eigenvalue weighted by atomic mass is 32.1. The van der Waals surface area contributed by atoms with Gasteiger partial charge in [0.25, 0.3) is 0 Å². The highest BCUT2D eigenvalue weighted by Crippen LogP contribution is 2.42. The molecular weight excluding hydrogens is 258 g/mol. The molecule has 0 bridgehead atoms. The molecule has 5 nitrogen and oxygen atoms in total. The molecule has 0 atom stereocenters. The summed E-state index contributed by atoms with van der Waals surface area (Å²) in [6, 6.07) is 5.93. The predicted molar refractivity (Wildman–Crippen MR) is 70.8 cm³/mol. The van der Waals surface area contributed by atoms with Crippen LogP contribution in [-0.2, 0) is 0 Å². The van der Waals surface area contributed by atoms with Gasteiger partial charge in [-0.05, 0) is 25.0 Å². The van der Waals surface area contributed by atoms with Gasteiger partial charge in [0, 0.05) is 23.9 Å². The van der Waals surface area contributed by atoms with E-state index in [1.54, 1.807) is 28.2 Å². The van der Waals surface area contributed by atoms with Crippen molar-refractivity contribution in [3.05, 3.63) is 35.2 Å². The molecule has 1 aliphatic rings. The minimum atomic E-state index is 0.504. The number of rotatable bonds is 2. The zero-order valence-corrected chi connectivity index (χ0v) is 10.8. The van der Waals surface area contributed by atoms with Crippen molar-refractivity contribution >= 4 is 16.3 Å². The van der Waals surface area contributed by atoms with Gasteiger partial charge in [-0.25, -0.2) is 4.98 Å². The predicted octanol–water partition coefficient (Wildman–Crippen LogP) is 2.60. The van der Waals surface area contributed by atoms with E-state index in [-0.39, 0.29) is 0 Å². The molecule has 1 saturated carbocycles. The number of pyridine rings is 1. The van der Waals surface area contributed by atoms with E-state index in [4.69, 9.17) is 0 Å². The number of fused-ring (bicyclic) bond motifs is 1. The number of hydrogen-bond donors (Lipinski definition) is 0. The van der Waals surface area contributed by atoms with Crippen molar-refractivity contribution in [3.8, 4) is 17.3 Å². The van der Waals surface area contributed by atoms with Crippen molar-refractivity contribution in [1.29, 1.82) is 5.26 Å². The first-order chi connectivity index (χ1) is 9.36. The topological polar surface area (TPSA) is 66.9 Å². The van der Waals surface area contributed by atoms with Crippen molar-refractivity contribution in [1.82, 2.24) is 19.6 Å². The lowest BCUT2D eigenvalue weighted by atomic mass is 10.2. The van der Waals surface area contributed by atoms with Crippen LogP contribution in [0.2, 0.25) is 0 Å². The summed E-state index contributed by atoms with van der Waals surface area (Å²) in [7, 11) is 0. The molecule has 6 heteroatoms. The fraction of sp³-hybridized carbons (Fsp3) is 0.231. The lowest BCUT2D eigenvalue weighted by Gasteiger charge is -1.95. The van der Waals surface area contributed by atoms with Gasteiger partial charge in [0.1, 0.15) is 16.8 Å². The van der Waals surface area contributed by atoms with Gasteiger partial charge in [-0.15, -0.1) is 0 Å². The van der Waals surface area contributed by atoms with Crippen molar-refractivity contribution in [3.63, 3.8) is 0 Å². The molecule has 19 heavy (non-hydrogen) atoms. The Hall–Kier alpha value is -2.26. The van der Waals surface area contributed by atoms with E-state index in [1.807, 2.05) is 12.1 Å². The van der Waals surface area contributed by atoms with Gasteiger partial charge in [0.2, 0.25) is 4.96 Å². The summed E-state index contributed by atoms with van der Waals surface area (Å²) in [4.78, 5) is 9.33. The highest BCUT2D eigenvalue weighted by Gasteiger charge is 2.29. The van der Waals surface area contributed by atoms with Gasteiger partial charge >= 0.3 is 0 Å². The van der Waals surface area contributed by atoms with E-state index in [9.17, 15) is 5.26 Å². The van der Waals surface area contributed by atoms with Crippen LogP contribution < -0.4 is 0 Å². The first kappa shape index (κ1) is 10.6. The summed E-state index contributed by atoms with van der Waals surface area (Å²) in [5.41, 5.74) is 2.09. The minimum absolute atomic E-state index is 0.504. The van der Waals surface area contributed by atoms with Crippen molar-refractivity contribution < 1.29 is 0 Å². The summed E-state index contributed by atoms with van der Waals surface area (Å²) in [5.74, 6) is 0.586. The summed E-state index contributed by atoms with van der Waals surface area (Å²) in [6.45, 7) is 0. The van der Waals surface area contributed by atoms with Crippen LogP contribution in [0.1, 0.15) is 29.5 Å². The Morgan fingerprint density at radius 2 is 2.11 bits per heavy atom. The van der Waals surface area contributed by atoms with Gasteiger partial charge in [-0.1, -0.05) is 11.3 Å². The number of nitriles is 1. The fourth-order valence-electron chi connectivity index (χ4n) is 2.07. The van der Waals surface area contributed by atoms with Gasteiger partial charge < -0.3 is 0 Å². The van der Waals surface area contributed by atoms with Crippen molar-refractivity contribution in [2.45, 2.75) is 18.8 Å². The SMILES string of the molecule is N#Cc1c(-c2ccncc2)nc2sc(C3CC3)nn12. The van der Waals surface area contributed by atoms with Gasteiger partial charge in [0.15, 0.2) is 5.69 Å². The van der Waals surface area contributed by atoms with Gasteiger partial charge in [-0.3, -0.25) is 4.98 Å². The maximum atomic E-state index is 9.37. The molecule has 0 unspecified atom stereocenters. The van der Waals surface area contributed by atoms with Crippen molar-refractivity contribution in [2.75, 3.05) is 0 Å². The van der Waals surface area contributed by atoms with Gasteiger partial charge in [0.05, 0.1) is 0 Å². The molecule has 1 fully saturated rings. The first-order valence-electron chi connectivity index (χ1n) is 6.07. The molecule has 0 aromatic carbocycles. The van der Waals surface area contributed by atoms with Crippen LogP contribution in [0.5, 0.6) is 0 Å². The summed E-state index contributed by atoms with van der Waals surface area (Å²) in [5, 5.41) is 15.0. The van der Waals surface area contributed by atoms with E-state index < -0.39 is 0 Å². The molecule has 0 aliphatic heterocycles. The molecule has 3 aromatic rings. The van der Waals surface area contributed by atoms with Crippen LogP contribution in [0, 0.1) is 11.3 Å². The van der Waals surface area contributed by atoms with E-state index in [0.717, 1.165) is 15.5 Å². The Balaban J connectivity index is 1.92. The maximum Gasteiger partial charge on any atom is 0.214 e. The van der Waals surface area contributed by atoms with Crippen LogP contribution >= 0.6 is 11.3 Å². The Kier molecular flexibility index (Phi) is 2.17. The first-order valence-corrected chi connectivity index (χ1v) is 6.88. The Labute approximate surface area is 113 Å². The third-order valence-corrected chi connectivity index (χ3v) is 4.28. The summed E-state index contributed by atoms with van der Waals surface area (Å²) < 4.78 is 1.67. The molecule has 0 N–H and O–H groups in total. The van der Waals surface area contributed by atoms with Crippen LogP contribution in [0.25, 0.3) is 16.2 Å². The molecule has 92 valence electrons. The monoisotopic (exact) mass is 267 g/mol. The van der Waals surface area contributed by atoms with E-state index in [1.165, 1.54) is 12.8 Å². The number of nitrogens with zero attached hydrogens (tertiary/aromatic N) is 5. The standard InChI is InChI=1S/C13H9N5S/c14-7-10-11(8-3-5-15-6-4-8)16-13-18(10)17-12(19-13)9-1-2-9/h3-6,9H,1-2H2. The quantitative estimate of drug-likeness (QED) is 0.715. The second-order valence-electron chi connectivity index (χ2n) is 4.57. The molecule has 0 radical (unpaired) electrons. The second-order valence-corrected chi connectivity index (χ2v) is 5.55. The Morgan fingerprint density at radius 3 is 2.79 bits per heavy atom. The molecule has 0 saturated heterocycles. The molecule has 4 rings (SSSR count). The average molecular weight is 267 g/mol. The van der Waals surface area contributed by atoms with Crippen LogP contribution in [-0.4, -0.2) is 19.6 Å². The summed E-state index contributed by atoms with van der Waals surface area (Å²) >= 11 is 1.59. The molecule has 1 aliphatic carbocycles. The lowest BCUT2D eigenvalue weighted by Crippen LogP contribution is -1.91. The fourth-order valence-corrected chi connectivity index (χ4v) is 3.14. The molecule has 3 heterocycles. The smallest absolute Gasteiger partial charge is 0.214 e. The van der Waals surface area contributed by atoms with Crippen LogP contribution in [0.15, 0.2) is 24.5 Å². The number of hydrogen-bond acceptors (Lipinski definition) is 5. The van der Waals surface area contributed by atoms with E-state index in [2.05, 4.69) is 21.1 Å². The third kappa shape index (κ3) is 1.63. The lowest BCUT2D eigenvalue weighted by molar-refractivity contribution is 0.893. The zero-order chi connectivity index (χ0) is 12.8. The molecular formula is C13H9N5S. The average Bonchev–Trinajstić information content (AvgIpc) is 3.12. The number of aromatic nitrogens is 4. The third-order valence-electron chi connectivity index (χ3n) is 3.21. The normalized spacial score (nSPS) is 14.7. The van der Waals surface area contributed by atoms with E-state index in [0.29, 0.717) is 17.3 Å². The van der Waals surface area contributed by atoms with Crippen LogP contribution in [0.3, 0.4) is 0 Å². The maximum absolute atomic E-state index is 9.37. The van der Waals surface area contributed by atoms with Crippen LogP contribution in [0.4, 0.5) is 0 Å².